The summed E-state index contributed by atoms with van der Waals surface area (Å²) >= 11 is 0. The van der Waals surface area contributed by atoms with Crippen molar-refractivity contribution in [2.45, 2.75) is 20.4 Å². The second-order valence-electron chi connectivity index (χ2n) is 3.76. The summed E-state index contributed by atoms with van der Waals surface area (Å²) in [4.78, 5) is 6.51. The van der Waals surface area contributed by atoms with Gasteiger partial charge in [-0.25, -0.2) is 10.8 Å². The molecule has 0 aliphatic heterocycles. The van der Waals surface area contributed by atoms with Crippen LogP contribution in [-0.4, -0.2) is 36.2 Å². The van der Waals surface area contributed by atoms with E-state index in [4.69, 9.17) is 10.6 Å². The minimum absolute atomic E-state index is 0.686. The molecule has 0 aliphatic rings. The van der Waals surface area contributed by atoms with Crippen molar-refractivity contribution in [3.63, 3.8) is 0 Å². The third-order valence-electron chi connectivity index (χ3n) is 2.58. The highest BCUT2D eigenvalue weighted by atomic mass is 16.5. The molecule has 0 unspecified atom stereocenters. The normalized spacial score (nSPS) is 10.8. The number of ether oxygens (including phenoxy) is 1. The summed E-state index contributed by atoms with van der Waals surface area (Å²) in [6.07, 6.45) is 1.85. The minimum atomic E-state index is 0.686. The number of nitrogens with zero attached hydrogens (tertiary/aromatic N) is 2. The Labute approximate surface area is 103 Å². The summed E-state index contributed by atoms with van der Waals surface area (Å²) in [7, 11) is 0. The molecule has 1 heterocycles. The van der Waals surface area contributed by atoms with Gasteiger partial charge in [0.2, 0.25) is 0 Å². The largest absolute Gasteiger partial charge is 0.380 e. The quantitative estimate of drug-likeness (QED) is 0.405. The van der Waals surface area contributed by atoms with Gasteiger partial charge in [0.15, 0.2) is 0 Å². The first-order valence-corrected chi connectivity index (χ1v) is 6.01. The molecule has 5 heteroatoms. The molecule has 0 aliphatic carbocycles. The Balaban J connectivity index is 2.43. The fraction of sp³-hybridized carbons (Fsp3) is 0.583. The lowest BCUT2D eigenvalue weighted by atomic mass is 10.2. The lowest BCUT2D eigenvalue weighted by molar-refractivity contribution is 0.113. The summed E-state index contributed by atoms with van der Waals surface area (Å²) in [5, 5.41) is 0. The lowest BCUT2D eigenvalue weighted by Gasteiger charge is -2.20. The fourth-order valence-electron chi connectivity index (χ4n) is 1.55. The van der Waals surface area contributed by atoms with Crippen molar-refractivity contribution >= 4 is 5.82 Å². The first-order valence-electron chi connectivity index (χ1n) is 6.01. The number of rotatable bonds is 8. The highest BCUT2D eigenvalue weighted by molar-refractivity contribution is 5.33. The average molecular weight is 238 g/mol. The number of anilines is 1. The fourth-order valence-corrected chi connectivity index (χ4v) is 1.55. The topological polar surface area (TPSA) is 63.4 Å². The van der Waals surface area contributed by atoms with Crippen LogP contribution in [0.1, 0.15) is 19.4 Å². The predicted octanol–water partition coefficient (Wildman–Crippen LogP) is 1.23. The third kappa shape index (κ3) is 5.12. The molecule has 3 N–H and O–H groups in total. The van der Waals surface area contributed by atoms with E-state index in [1.165, 1.54) is 5.56 Å². The van der Waals surface area contributed by atoms with Gasteiger partial charge in [-0.05, 0) is 25.1 Å². The molecular formula is C12H22N4O. The molecule has 17 heavy (non-hydrogen) atoms. The predicted molar refractivity (Wildman–Crippen MR) is 69.5 cm³/mol. The van der Waals surface area contributed by atoms with Gasteiger partial charge in [0.25, 0.3) is 0 Å². The Kier molecular flexibility index (Phi) is 6.54. The van der Waals surface area contributed by atoms with Crippen LogP contribution in [0.2, 0.25) is 0 Å². The first-order chi connectivity index (χ1) is 8.30. The Bertz CT molecular complexity index is 302. The van der Waals surface area contributed by atoms with E-state index < -0.39 is 0 Å². The van der Waals surface area contributed by atoms with E-state index >= 15 is 0 Å². The maximum Gasteiger partial charge on any atom is 0.139 e. The number of nitrogens with two attached hydrogens (primary N) is 1. The molecular weight excluding hydrogens is 216 g/mol. The van der Waals surface area contributed by atoms with Gasteiger partial charge in [0.1, 0.15) is 5.82 Å². The summed E-state index contributed by atoms with van der Waals surface area (Å²) in [6.45, 7) is 8.55. The highest BCUT2D eigenvalue weighted by Crippen LogP contribution is 2.06. The molecule has 1 aromatic rings. The van der Waals surface area contributed by atoms with Crippen LogP contribution in [0.15, 0.2) is 18.3 Å². The van der Waals surface area contributed by atoms with E-state index in [9.17, 15) is 0 Å². The van der Waals surface area contributed by atoms with Gasteiger partial charge >= 0.3 is 0 Å². The number of nitrogens with one attached hydrogen (secondary N) is 1. The van der Waals surface area contributed by atoms with Crippen LogP contribution in [0.3, 0.4) is 0 Å². The molecule has 0 saturated carbocycles. The Morgan fingerprint density at radius 3 is 2.76 bits per heavy atom. The van der Waals surface area contributed by atoms with Gasteiger partial charge in [-0.1, -0.05) is 13.0 Å². The van der Waals surface area contributed by atoms with E-state index in [1.807, 2.05) is 25.3 Å². The molecule has 5 nitrogen and oxygen atoms in total. The molecule has 0 fully saturated rings. The third-order valence-corrected chi connectivity index (χ3v) is 2.58. The molecule has 0 saturated heterocycles. The molecule has 1 rings (SSSR count). The van der Waals surface area contributed by atoms with Crippen molar-refractivity contribution < 1.29 is 4.74 Å². The molecule has 0 atom stereocenters. The smallest absolute Gasteiger partial charge is 0.139 e. The minimum Gasteiger partial charge on any atom is -0.380 e. The van der Waals surface area contributed by atoms with Crippen molar-refractivity contribution in [3.8, 4) is 0 Å². The van der Waals surface area contributed by atoms with Crippen molar-refractivity contribution in [2.75, 3.05) is 31.7 Å². The van der Waals surface area contributed by atoms with E-state index in [0.29, 0.717) is 5.82 Å². The molecule has 0 amide bonds. The zero-order valence-electron chi connectivity index (χ0n) is 10.6. The van der Waals surface area contributed by atoms with Gasteiger partial charge in [-0.15, -0.1) is 0 Å². The highest BCUT2D eigenvalue weighted by Gasteiger charge is 2.03. The van der Waals surface area contributed by atoms with Crippen LogP contribution in [0.5, 0.6) is 0 Å². The number of hydrazine groups is 1. The number of pyridine rings is 1. The second-order valence-corrected chi connectivity index (χ2v) is 3.76. The van der Waals surface area contributed by atoms with Gasteiger partial charge in [-0.2, -0.15) is 0 Å². The van der Waals surface area contributed by atoms with E-state index in [1.54, 1.807) is 0 Å². The van der Waals surface area contributed by atoms with Gasteiger partial charge in [-0.3, -0.25) is 4.90 Å². The molecule has 1 aromatic heterocycles. The molecule has 0 spiro atoms. The summed E-state index contributed by atoms with van der Waals surface area (Å²) < 4.78 is 5.36. The van der Waals surface area contributed by atoms with Crippen molar-refractivity contribution in [1.82, 2.24) is 9.88 Å². The van der Waals surface area contributed by atoms with Crippen molar-refractivity contribution in [2.24, 2.45) is 5.84 Å². The van der Waals surface area contributed by atoms with Crippen LogP contribution < -0.4 is 11.3 Å². The summed E-state index contributed by atoms with van der Waals surface area (Å²) in [6, 6.07) is 3.91. The summed E-state index contributed by atoms with van der Waals surface area (Å²) in [5.74, 6) is 5.96. The monoisotopic (exact) mass is 238 g/mol. The SMILES string of the molecule is CCOCCN(CC)Cc1ccc(NN)nc1. The van der Waals surface area contributed by atoms with Crippen LogP contribution in [0.4, 0.5) is 5.82 Å². The maximum absolute atomic E-state index is 5.36. The second kappa shape index (κ2) is 8.00. The number of hydrogen-bond donors (Lipinski definition) is 2. The van der Waals surface area contributed by atoms with E-state index in [-0.39, 0.29) is 0 Å². The van der Waals surface area contributed by atoms with Crippen LogP contribution in [0, 0.1) is 0 Å². The van der Waals surface area contributed by atoms with E-state index in [2.05, 4.69) is 22.2 Å². The summed E-state index contributed by atoms with van der Waals surface area (Å²) in [5.41, 5.74) is 3.70. The number of hydrogen-bond acceptors (Lipinski definition) is 5. The zero-order valence-corrected chi connectivity index (χ0v) is 10.6. The molecule has 0 bridgehead atoms. The first kappa shape index (κ1) is 13.9. The van der Waals surface area contributed by atoms with Gasteiger partial charge in [0.05, 0.1) is 6.61 Å². The van der Waals surface area contributed by atoms with Crippen LogP contribution in [-0.2, 0) is 11.3 Å². The maximum atomic E-state index is 5.36. The number of aromatic nitrogens is 1. The van der Waals surface area contributed by atoms with Crippen molar-refractivity contribution in [3.05, 3.63) is 23.9 Å². The van der Waals surface area contributed by atoms with Gasteiger partial charge < -0.3 is 10.2 Å². The number of nitrogen functional groups attached to an aromatic ring is 1. The average Bonchev–Trinajstić information content (AvgIpc) is 2.38. The van der Waals surface area contributed by atoms with E-state index in [0.717, 1.165) is 32.8 Å². The Hall–Kier alpha value is -1.17. The molecule has 0 radical (unpaired) electrons. The van der Waals surface area contributed by atoms with Gasteiger partial charge in [0, 0.05) is 25.9 Å². The van der Waals surface area contributed by atoms with Crippen LogP contribution >= 0.6 is 0 Å². The Morgan fingerprint density at radius 1 is 1.41 bits per heavy atom. The van der Waals surface area contributed by atoms with Crippen LogP contribution in [0.25, 0.3) is 0 Å². The number of likely N-dealkylation sites (N-methyl/N-ethyl adjacent to an activating group) is 1. The Morgan fingerprint density at radius 2 is 2.24 bits per heavy atom. The zero-order chi connectivity index (χ0) is 12.5. The molecule has 96 valence electrons. The van der Waals surface area contributed by atoms with Crippen molar-refractivity contribution in [1.29, 1.82) is 0 Å². The standard InChI is InChI=1S/C12H22N4O/c1-3-16(7-8-17-4-2)10-11-5-6-12(15-13)14-9-11/h5-6,9H,3-4,7-8,10,13H2,1-2H3,(H,14,15). The lowest BCUT2D eigenvalue weighted by Crippen LogP contribution is -2.27. The molecule has 0 aromatic carbocycles.